The Morgan fingerprint density at radius 3 is 0.867 bits per heavy atom. The van der Waals surface area contributed by atoms with Crippen molar-refractivity contribution in [3.63, 3.8) is 0 Å². The van der Waals surface area contributed by atoms with Gasteiger partial charge in [0.05, 0.1) is 24.7 Å². The van der Waals surface area contributed by atoms with E-state index < -0.39 is 117 Å². The summed E-state index contributed by atoms with van der Waals surface area (Å²) in [6.45, 7) is 30.1. The molecule has 4 saturated heterocycles. The molecule has 0 radical (unpaired) electrons. The molecule has 60 heavy (non-hydrogen) atoms. The van der Waals surface area contributed by atoms with Gasteiger partial charge in [0, 0.05) is 95.7 Å². The summed E-state index contributed by atoms with van der Waals surface area (Å²) in [5.74, 6) is -6.25. The summed E-state index contributed by atoms with van der Waals surface area (Å²) >= 11 is 4.75. The second-order valence-electron chi connectivity index (χ2n) is 23.3. The van der Waals surface area contributed by atoms with Crippen molar-refractivity contribution >= 4 is 36.7 Å². The third-order valence-corrected chi connectivity index (χ3v) is 14.5. The summed E-state index contributed by atoms with van der Waals surface area (Å²) in [6, 6.07) is 0. The third-order valence-electron chi connectivity index (χ3n) is 13.4. The Bertz CT molecular complexity index is 1420. The molecule has 346 valence electrons. The summed E-state index contributed by atoms with van der Waals surface area (Å²) in [7, 11) is 0. The highest BCUT2D eigenvalue weighted by Gasteiger charge is 2.52. The topological polar surface area (TPSA) is 179 Å². The summed E-state index contributed by atoms with van der Waals surface area (Å²) < 4.78 is 26.5. The molecule has 2 unspecified atom stereocenters. The zero-order valence-electron chi connectivity index (χ0n) is 39.4. The van der Waals surface area contributed by atoms with Crippen molar-refractivity contribution in [2.45, 2.75) is 244 Å². The van der Waals surface area contributed by atoms with Gasteiger partial charge in [0.1, 0.15) is 24.4 Å². The Kier molecular flexibility index (Phi) is 14.5. The zero-order chi connectivity index (χ0) is 46.0. The van der Waals surface area contributed by atoms with Crippen molar-refractivity contribution in [1.29, 1.82) is 0 Å². The molecular weight excluding hydrogens is 793 g/mol. The highest BCUT2D eigenvalue weighted by molar-refractivity contribution is 7.77. The van der Waals surface area contributed by atoms with Crippen LogP contribution in [-0.2, 0) is 38.1 Å². The van der Waals surface area contributed by atoms with E-state index in [-0.39, 0.29) is 25.7 Å². The number of rotatable bonds is 11. The van der Waals surface area contributed by atoms with Gasteiger partial charge in [0.2, 0.25) is 0 Å². The SMILES string of the molecule is CC1(C)CC(OC(=O)CC(C(=O)OC2CC(C)(C)N(O)C(C)(C)C2)C(CC(=O)OC2CC(C)(C)N(S)C(C)(C)C2)C(=O)OC2CC(C)(C)N(O)C(C)(C)C2)CC(C)(C)N1O. The minimum absolute atomic E-state index is 0.260. The van der Waals surface area contributed by atoms with Crippen LogP contribution in [-0.4, -0.2) is 128 Å². The van der Waals surface area contributed by atoms with E-state index >= 15 is 0 Å². The normalized spacial score (nSPS) is 28.3. The smallest absolute Gasteiger partial charge is 0.310 e. The molecule has 4 rings (SSSR count). The zero-order valence-corrected chi connectivity index (χ0v) is 40.3. The lowest BCUT2D eigenvalue weighted by atomic mass is 9.79. The highest BCUT2D eigenvalue weighted by Crippen LogP contribution is 2.44. The van der Waals surface area contributed by atoms with Gasteiger partial charge in [-0.25, -0.2) is 4.31 Å². The molecule has 0 saturated carbocycles. The van der Waals surface area contributed by atoms with Crippen LogP contribution in [0.5, 0.6) is 0 Å². The number of carbonyl (C=O) groups excluding carboxylic acids is 4. The minimum atomic E-state index is -1.51. The maximum absolute atomic E-state index is 14.7. The first-order valence-corrected chi connectivity index (χ1v) is 22.1. The second kappa shape index (κ2) is 17.2. The molecule has 4 heterocycles. The fraction of sp³-hybridized carbons (Fsp3) is 0.909. The molecule has 2 atom stereocenters. The first kappa shape index (κ1) is 50.6. The van der Waals surface area contributed by atoms with Crippen LogP contribution >= 0.6 is 12.8 Å². The molecule has 4 aliphatic rings. The van der Waals surface area contributed by atoms with E-state index in [2.05, 4.69) is 0 Å². The third kappa shape index (κ3) is 11.4. The number of esters is 4. The van der Waals surface area contributed by atoms with E-state index in [1.54, 1.807) is 0 Å². The maximum Gasteiger partial charge on any atom is 0.310 e. The summed E-state index contributed by atoms with van der Waals surface area (Å²) in [4.78, 5) is 57.6. The van der Waals surface area contributed by atoms with Gasteiger partial charge in [-0.1, -0.05) is 12.8 Å². The van der Waals surface area contributed by atoms with Crippen molar-refractivity contribution in [3.05, 3.63) is 0 Å². The van der Waals surface area contributed by atoms with E-state index in [1.807, 2.05) is 115 Å². The van der Waals surface area contributed by atoms with Crippen molar-refractivity contribution in [3.8, 4) is 0 Å². The van der Waals surface area contributed by atoms with Gasteiger partial charge in [-0.2, -0.15) is 15.2 Å². The van der Waals surface area contributed by atoms with Crippen LogP contribution in [0.25, 0.3) is 0 Å². The van der Waals surface area contributed by atoms with Crippen molar-refractivity contribution in [1.82, 2.24) is 19.5 Å². The summed E-state index contributed by atoms with van der Waals surface area (Å²) in [5.41, 5.74) is -5.47. The monoisotopic (exact) mass is 871 g/mol. The van der Waals surface area contributed by atoms with Crippen LogP contribution in [0.4, 0.5) is 0 Å². The van der Waals surface area contributed by atoms with Crippen LogP contribution in [0, 0.1) is 11.8 Å². The van der Waals surface area contributed by atoms with Gasteiger partial charge in [0.15, 0.2) is 0 Å². The van der Waals surface area contributed by atoms with Gasteiger partial charge in [-0.05, 0) is 111 Å². The van der Waals surface area contributed by atoms with E-state index in [0.717, 1.165) is 0 Å². The Morgan fingerprint density at radius 1 is 0.433 bits per heavy atom. The molecule has 4 aliphatic heterocycles. The highest BCUT2D eigenvalue weighted by atomic mass is 32.1. The molecular formula is C44H78N4O11S. The van der Waals surface area contributed by atoms with E-state index in [9.17, 15) is 34.8 Å². The molecule has 4 fully saturated rings. The lowest BCUT2D eigenvalue weighted by Gasteiger charge is -2.52. The van der Waals surface area contributed by atoms with Crippen molar-refractivity contribution in [2.24, 2.45) is 11.8 Å². The van der Waals surface area contributed by atoms with Crippen LogP contribution in [0.2, 0.25) is 0 Å². The molecule has 0 spiro atoms. The first-order valence-electron chi connectivity index (χ1n) is 21.7. The lowest BCUT2D eigenvalue weighted by molar-refractivity contribution is -0.261. The molecule has 0 aromatic rings. The van der Waals surface area contributed by atoms with Crippen molar-refractivity contribution in [2.75, 3.05) is 0 Å². The Morgan fingerprint density at radius 2 is 0.633 bits per heavy atom. The number of hydrogen-bond donors (Lipinski definition) is 4. The van der Waals surface area contributed by atoms with Gasteiger partial charge in [-0.3, -0.25) is 19.2 Å². The molecule has 15 nitrogen and oxygen atoms in total. The number of hydrogen-bond acceptors (Lipinski definition) is 16. The van der Waals surface area contributed by atoms with Crippen LogP contribution in [0.1, 0.15) is 175 Å². The average Bonchev–Trinajstić information content (AvgIpc) is 3.04. The van der Waals surface area contributed by atoms with E-state index in [4.69, 9.17) is 31.8 Å². The maximum atomic E-state index is 14.7. The molecule has 16 heteroatoms. The summed E-state index contributed by atoms with van der Waals surface area (Å²) in [6.07, 6.45) is -1.11. The fourth-order valence-corrected chi connectivity index (χ4v) is 11.3. The predicted octanol–water partition coefficient (Wildman–Crippen LogP) is 7.27. The minimum Gasteiger partial charge on any atom is -0.462 e. The Hall–Kier alpha value is -2.05. The number of thiol groups is 1. The van der Waals surface area contributed by atoms with Gasteiger partial charge >= 0.3 is 23.9 Å². The van der Waals surface area contributed by atoms with E-state index in [0.29, 0.717) is 25.7 Å². The molecule has 0 bridgehead atoms. The van der Waals surface area contributed by atoms with Gasteiger partial charge in [0.25, 0.3) is 0 Å². The number of piperidine rings is 4. The number of carbonyl (C=O) groups is 4. The van der Waals surface area contributed by atoms with Crippen molar-refractivity contribution < 1.29 is 53.7 Å². The van der Waals surface area contributed by atoms with Crippen LogP contribution in [0.3, 0.4) is 0 Å². The Labute approximate surface area is 364 Å². The molecule has 0 aromatic carbocycles. The predicted molar refractivity (Wildman–Crippen MR) is 227 cm³/mol. The first-order chi connectivity index (χ1) is 26.9. The molecule has 0 aromatic heterocycles. The second-order valence-corrected chi connectivity index (χ2v) is 23.7. The van der Waals surface area contributed by atoms with E-state index in [1.165, 1.54) is 15.2 Å². The Balaban J connectivity index is 1.72. The lowest BCUT2D eigenvalue weighted by Crippen LogP contribution is -2.61. The molecule has 3 N–H and O–H groups in total. The fourth-order valence-electron chi connectivity index (χ4n) is 11.2. The quantitative estimate of drug-likeness (QED) is 0.0925. The summed E-state index contributed by atoms with van der Waals surface area (Å²) in [5, 5.41) is 36.7. The van der Waals surface area contributed by atoms with Crippen LogP contribution in [0.15, 0.2) is 0 Å². The van der Waals surface area contributed by atoms with Gasteiger partial charge in [-0.15, -0.1) is 0 Å². The molecule has 0 aliphatic carbocycles. The number of ether oxygens (including phenoxy) is 4. The largest absolute Gasteiger partial charge is 0.462 e. The molecule has 0 amide bonds. The average molecular weight is 871 g/mol. The number of nitrogens with zero attached hydrogens (tertiary/aromatic N) is 4. The van der Waals surface area contributed by atoms with Gasteiger partial charge < -0.3 is 34.6 Å². The number of hydroxylamine groups is 6. The van der Waals surface area contributed by atoms with Crippen LogP contribution < -0.4 is 0 Å². The standard InChI is InChI=1S/C44H78N4O11S/c1-37(2)19-27(20-38(3,4)45(37)53)56-33(49)17-31(35(51)58-29-21-39(5,6)46(54)40(7,8)22-29)32(36(52)59-30-23-41(9,10)47(55)42(11,12)24-30)18-34(50)57-28-25-43(13,14)48(60)44(15,16)26-28/h27-32,53-55,60H,17-26H2,1-16H3.